The summed E-state index contributed by atoms with van der Waals surface area (Å²) < 4.78 is 43.1. The summed E-state index contributed by atoms with van der Waals surface area (Å²) >= 11 is 1.49. The minimum Gasteiger partial charge on any atom is -0.490 e. The molecule has 0 saturated carbocycles. The van der Waals surface area contributed by atoms with E-state index < -0.39 is 22.5 Å². The van der Waals surface area contributed by atoms with E-state index in [2.05, 4.69) is 9.71 Å². The first-order chi connectivity index (χ1) is 13.0. The lowest BCUT2D eigenvalue weighted by molar-refractivity contribution is -0.143. The van der Waals surface area contributed by atoms with Crippen molar-refractivity contribution in [1.82, 2.24) is 9.71 Å². The van der Waals surface area contributed by atoms with Crippen molar-refractivity contribution in [3.8, 4) is 11.5 Å². The number of nitrogens with one attached hydrogen (secondary N) is 1. The molecule has 27 heavy (non-hydrogen) atoms. The number of carbonyl (C=O) groups is 1. The molecule has 0 aliphatic carbocycles. The first-order valence-electron chi connectivity index (χ1n) is 8.46. The van der Waals surface area contributed by atoms with E-state index in [0.717, 1.165) is 17.8 Å². The molecule has 0 radical (unpaired) electrons. The van der Waals surface area contributed by atoms with E-state index in [1.54, 1.807) is 6.07 Å². The molecule has 0 fully saturated rings. The second kappa shape index (κ2) is 8.68. The molecule has 1 aromatic carbocycles. The van der Waals surface area contributed by atoms with Crippen molar-refractivity contribution >= 4 is 27.3 Å². The average Bonchev–Trinajstić information content (AvgIpc) is 3.00. The highest BCUT2D eigenvalue weighted by Gasteiger charge is 2.20. The molecule has 146 valence electrons. The smallest absolute Gasteiger partial charge is 0.321 e. The van der Waals surface area contributed by atoms with Crippen LogP contribution in [0.2, 0.25) is 0 Å². The Balaban J connectivity index is 1.56. The molecule has 0 saturated heterocycles. The van der Waals surface area contributed by atoms with Gasteiger partial charge in [0.25, 0.3) is 0 Å². The highest BCUT2D eigenvalue weighted by Crippen LogP contribution is 2.31. The third-order valence-electron chi connectivity index (χ3n) is 3.72. The lowest BCUT2D eigenvalue weighted by Gasteiger charge is -2.10. The summed E-state index contributed by atoms with van der Waals surface area (Å²) in [5, 5.41) is 2.77. The van der Waals surface area contributed by atoms with Gasteiger partial charge in [-0.15, -0.1) is 11.3 Å². The monoisotopic (exact) mass is 412 g/mol. The highest BCUT2D eigenvalue weighted by atomic mass is 32.2. The predicted molar refractivity (Wildman–Crippen MR) is 98.5 cm³/mol. The van der Waals surface area contributed by atoms with Crippen molar-refractivity contribution in [2.45, 2.75) is 31.3 Å². The van der Waals surface area contributed by atoms with Crippen LogP contribution in [-0.2, 0) is 32.6 Å². The minimum absolute atomic E-state index is 0.00774. The molecule has 0 spiro atoms. The van der Waals surface area contributed by atoms with Crippen molar-refractivity contribution in [1.29, 1.82) is 0 Å². The Kier molecular flexibility index (Phi) is 6.30. The number of fused-ring (bicyclic) bond motifs is 1. The molecular formula is C17H20N2O6S2. The predicted octanol–water partition coefficient (Wildman–Crippen LogP) is 1.89. The van der Waals surface area contributed by atoms with Gasteiger partial charge in [-0.05, 0) is 18.6 Å². The number of aromatic nitrogens is 1. The molecule has 1 aliphatic rings. The van der Waals surface area contributed by atoms with Crippen molar-refractivity contribution in [2.24, 2.45) is 0 Å². The maximum atomic E-state index is 12.4. The fourth-order valence-electron chi connectivity index (χ4n) is 2.33. The first-order valence-corrected chi connectivity index (χ1v) is 10.8. The Morgan fingerprint density at radius 2 is 2.07 bits per heavy atom. The van der Waals surface area contributed by atoms with Gasteiger partial charge in [0.05, 0.1) is 28.8 Å². The van der Waals surface area contributed by atoms with Gasteiger partial charge in [0.15, 0.2) is 11.5 Å². The topological polar surface area (TPSA) is 104 Å². The zero-order valence-electron chi connectivity index (χ0n) is 14.8. The number of carbonyl (C=O) groups excluding carboxylic acids is 1. The van der Waals surface area contributed by atoms with Gasteiger partial charge in [0.1, 0.15) is 13.2 Å². The molecule has 1 aromatic heterocycles. The normalized spacial score (nSPS) is 13.8. The summed E-state index contributed by atoms with van der Waals surface area (Å²) in [6, 6.07) is 4.33. The Morgan fingerprint density at radius 1 is 1.30 bits per heavy atom. The number of aryl methyl sites for hydroxylation is 1. The number of thiazole rings is 1. The first kappa shape index (κ1) is 19.6. The van der Waals surface area contributed by atoms with Crippen LogP contribution >= 0.6 is 11.3 Å². The molecule has 0 amide bonds. The van der Waals surface area contributed by atoms with E-state index >= 15 is 0 Å². The number of rotatable bonds is 7. The molecule has 2 aromatic rings. The highest BCUT2D eigenvalue weighted by molar-refractivity contribution is 7.89. The van der Waals surface area contributed by atoms with E-state index in [0.29, 0.717) is 30.4 Å². The maximum Gasteiger partial charge on any atom is 0.321 e. The second-order valence-corrected chi connectivity index (χ2v) is 8.44. The number of ether oxygens (including phenoxy) is 3. The van der Waals surface area contributed by atoms with Crippen LogP contribution in [0.15, 0.2) is 28.5 Å². The zero-order chi connectivity index (χ0) is 19.3. The fraction of sp³-hybridized carbons (Fsp3) is 0.412. The van der Waals surface area contributed by atoms with Crippen molar-refractivity contribution in [3.05, 3.63) is 34.3 Å². The SMILES string of the molecule is CCc1nc(COC(=O)CNS(=O)(=O)c2ccc3c(c2)OCCCO3)cs1. The van der Waals surface area contributed by atoms with Gasteiger partial charge in [-0.1, -0.05) is 6.92 Å². The molecule has 8 nitrogen and oxygen atoms in total. The average molecular weight is 412 g/mol. The van der Waals surface area contributed by atoms with Crippen LogP contribution in [0.1, 0.15) is 24.0 Å². The summed E-state index contributed by atoms with van der Waals surface area (Å²) in [5.74, 6) is 0.188. The molecule has 0 unspecified atom stereocenters. The van der Waals surface area contributed by atoms with Gasteiger partial charge in [0, 0.05) is 17.9 Å². The molecule has 10 heteroatoms. The molecule has 0 atom stereocenters. The lowest BCUT2D eigenvalue weighted by atomic mass is 10.3. The van der Waals surface area contributed by atoms with Crippen LogP contribution in [0.4, 0.5) is 0 Å². The number of nitrogens with zero attached hydrogens (tertiary/aromatic N) is 1. The van der Waals surface area contributed by atoms with Crippen LogP contribution in [0.5, 0.6) is 11.5 Å². The van der Waals surface area contributed by atoms with Crippen molar-refractivity contribution in [3.63, 3.8) is 0 Å². The third-order valence-corrected chi connectivity index (χ3v) is 6.16. The van der Waals surface area contributed by atoms with Gasteiger partial charge >= 0.3 is 5.97 Å². The quantitative estimate of drug-likeness (QED) is 0.693. The van der Waals surface area contributed by atoms with Gasteiger partial charge in [-0.3, -0.25) is 4.79 Å². The van der Waals surface area contributed by atoms with Gasteiger partial charge in [-0.25, -0.2) is 13.4 Å². The fourth-order valence-corrected chi connectivity index (χ4v) is 4.04. The van der Waals surface area contributed by atoms with Crippen LogP contribution < -0.4 is 14.2 Å². The van der Waals surface area contributed by atoms with E-state index in [-0.39, 0.29) is 11.5 Å². The van der Waals surface area contributed by atoms with Crippen molar-refractivity contribution in [2.75, 3.05) is 19.8 Å². The summed E-state index contributed by atoms with van der Waals surface area (Å²) in [4.78, 5) is 16.1. The standard InChI is InChI=1S/C17H20N2O6S2/c1-2-16-19-12(11-26-16)10-25-17(20)9-18-27(21,22)13-4-5-14-15(8-13)24-7-3-6-23-14/h4-5,8,11,18H,2-3,6-7,9-10H2,1H3. The summed E-state index contributed by atoms with van der Waals surface area (Å²) in [6.45, 7) is 2.50. The Labute approximate surface area is 161 Å². The third kappa shape index (κ3) is 5.18. The molecular weight excluding hydrogens is 392 g/mol. The molecule has 1 N–H and O–H groups in total. The van der Waals surface area contributed by atoms with Gasteiger partial charge in [0.2, 0.25) is 10.0 Å². The Morgan fingerprint density at radius 3 is 2.81 bits per heavy atom. The van der Waals surface area contributed by atoms with E-state index in [1.807, 2.05) is 12.3 Å². The van der Waals surface area contributed by atoms with Crippen molar-refractivity contribution < 1.29 is 27.4 Å². The van der Waals surface area contributed by atoms with E-state index in [4.69, 9.17) is 14.2 Å². The maximum absolute atomic E-state index is 12.4. The summed E-state index contributed by atoms with van der Waals surface area (Å²) in [6.07, 6.45) is 1.54. The van der Waals surface area contributed by atoms with E-state index in [1.165, 1.54) is 23.5 Å². The largest absolute Gasteiger partial charge is 0.490 e. The number of hydrogen-bond donors (Lipinski definition) is 1. The Hall–Kier alpha value is -2.17. The molecule has 0 bridgehead atoms. The molecule has 2 heterocycles. The number of benzene rings is 1. The Bertz CT molecular complexity index is 910. The number of hydrogen-bond acceptors (Lipinski definition) is 8. The van der Waals surface area contributed by atoms with Crippen LogP contribution in [0.3, 0.4) is 0 Å². The molecule has 1 aliphatic heterocycles. The summed E-state index contributed by atoms with van der Waals surface area (Å²) in [7, 11) is -3.88. The van der Waals surface area contributed by atoms with Crippen LogP contribution in [0.25, 0.3) is 0 Å². The number of esters is 1. The van der Waals surface area contributed by atoms with E-state index in [9.17, 15) is 13.2 Å². The van der Waals surface area contributed by atoms with Gasteiger partial charge < -0.3 is 14.2 Å². The zero-order valence-corrected chi connectivity index (χ0v) is 16.4. The second-order valence-electron chi connectivity index (χ2n) is 5.73. The number of sulfonamides is 1. The van der Waals surface area contributed by atoms with Crippen LogP contribution in [-0.4, -0.2) is 39.1 Å². The molecule has 3 rings (SSSR count). The van der Waals surface area contributed by atoms with Gasteiger partial charge in [-0.2, -0.15) is 4.72 Å². The minimum atomic E-state index is -3.88. The van der Waals surface area contributed by atoms with Crippen LogP contribution in [0, 0.1) is 0 Å². The summed E-state index contributed by atoms with van der Waals surface area (Å²) in [5.41, 5.74) is 0.649. The lowest BCUT2D eigenvalue weighted by Crippen LogP contribution is -2.30.